The van der Waals surface area contributed by atoms with Crippen molar-refractivity contribution < 1.29 is 0 Å². The van der Waals surface area contributed by atoms with Crippen molar-refractivity contribution in [2.24, 2.45) is 0 Å². The summed E-state index contributed by atoms with van der Waals surface area (Å²) < 4.78 is 0. The molecule has 3 aliphatic rings. The molecule has 66 heavy (non-hydrogen) atoms. The third kappa shape index (κ3) is 6.02. The Morgan fingerprint density at radius 3 is 1.82 bits per heavy atom. The molecule has 0 N–H and O–H groups in total. The summed E-state index contributed by atoms with van der Waals surface area (Å²) in [6, 6.07) is 71.5. The normalized spacial score (nSPS) is 14.4. The van der Waals surface area contributed by atoms with Crippen LogP contribution in [0.25, 0.3) is 55.3 Å². The van der Waals surface area contributed by atoms with Gasteiger partial charge in [-0.15, -0.1) is 0 Å². The molecule has 2 aliphatic heterocycles. The molecule has 0 amide bonds. The number of fused-ring (bicyclic) bond motifs is 10. The third-order valence-corrected chi connectivity index (χ3v) is 14.9. The van der Waals surface area contributed by atoms with Gasteiger partial charge in [-0.1, -0.05) is 201 Å². The lowest BCUT2D eigenvalue weighted by Crippen LogP contribution is -2.62. The molecule has 0 unspecified atom stereocenters. The maximum atomic E-state index is 2.70. The Bertz CT molecular complexity index is 3410. The van der Waals surface area contributed by atoms with E-state index in [4.69, 9.17) is 0 Å². The van der Waals surface area contributed by atoms with Crippen LogP contribution in [0.3, 0.4) is 0 Å². The van der Waals surface area contributed by atoms with Gasteiger partial charge in [-0.25, -0.2) is 0 Å². The molecule has 9 aromatic carbocycles. The van der Waals surface area contributed by atoms with Crippen LogP contribution in [-0.4, -0.2) is 6.85 Å². The molecule has 0 atom stereocenters. The number of benzene rings is 9. The Kier molecular flexibility index (Phi) is 8.85. The molecule has 320 valence electrons. The van der Waals surface area contributed by atoms with E-state index in [1.165, 1.54) is 117 Å². The second-order valence-electron chi connectivity index (χ2n) is 21.4. The Balaban J connectivity index is 1.25. The SMILES string of the molecule is CC(C)(C)c1ccc(N2B3c4ccc5c(c4N(c4ccc(C(C)(C)C)cc4-c4ccccc4)c4cc6ccccc6c(c43)-c3cc(-c4ccccc4)ccc32)C(C)(C)c2ccccc2-5)cc1. The number of rotatable bonds is 4. The summed E-state index contributed by atoms with van der Waals surface area (Å²) in [7, 11) is 0. The van der Waals surface area contributed by atoms with E-state index in [9.17, 15) is 0 Å². The first-order chi connectivity index (χ1) is 31.8. The minimum atomic E-state index is -0.276. The summed E-state index contributed by atoms with van der Waals surface area (Å²) in [4.78, 5) is 5.38. The number of hydrogen-bond donors (Lipinski definition) is 0. The van der Waals surface area contributed by atoms with E-state index in [1.807, 2.05) is 0 Å². The average molecular weight is 851 g/mol. The largest absolute Gasteiger partial charge is 0.376 e. The zero-order valence-corrected chi connectivity index (χ0v) is 39.4. The van der Waals surface area contributed by atoms with E-state index in [2.05, 4.69) is 253 Å². The summed E-state index contributed by atoms with van der Waals surface area (Å²) in [6.07, 6.45) is 0. The molecule has 2 nitrogen and oxygen atoms in total. The molecule has 3 heteroatoms. The van der Waals surface area contributed by atoms with E-state index in [0.29, 0.717) is 0 Å². The highest BCUT2D eigenvalue weighted by Gasteiger charge is 2.50. The van der Waals surface area contributed by atoms with Crippen LogP contribution in [0.4, 0.5) is 28.4 Å². The summed E-state index contributed by atoms with van der Waals surface area (Å²) >= 11 is 0. The van der Waals surface area contributed by atoms with Gasteiger partial charge in [-0.05, 0) is 131 Å². The zero-order chi connectivity index (χ0) is 45.3. The topological polar surface area (TPSA) is 6.48 Å². The number of nitrogens with zero attached hydrogens (tertiary/aromatic N) is 2. The molecule has 0 fully saturated rings. The fourth-order valence-electron chi connectivity index (χ4n) is 11.6. The molecular formula is C63H55BN2. The van der Waals surface area contributed by atoms with Crippen molar-refractivity contribution >= 4 is 57.0 Å². The summed E-state index contributed by atoms with van der Waals surface area (Å²) in [5.41, 5.74) is 24.0. The zero-order valence-electron chi connectivity index (χ0n) is 39.4. The lowest BCUT2D eigenvalue weighted by molar-refractivity contribution is 0.590. The summed E-state index contributed by atoms with van der Waals surface area (Å²) in [5, 5.41) is 2.51. The van der Waals surface area contributed by atoms with Gasteiger partial charge in [-0.3, -0.25) is 0 Å². The summed E-state index contributed by atoms with van der Waals surface area (Å²) in [5.74, 6) is 0. The van der Waals surface area contributed by atoms with Crippen molar-refractivity contribution in [2.45, 2.75) is 71.6 Å². The fraction of sp³-hybridized carbons (Fsp3) is 0.175. The molecular weight excluding hydrogens is 796 g/mol. The molecule has 0 spiro atoms. The van der Waals surface area contributed by atoms with Crippen LogP contribution < -0.4 is 20.6 Å². The number of hydrogen-bond acceptors (Lipinski definition) is 2. The lowest BCUT2D eigenvalue weighted by atomic mass is 9.42. The third-order valence-electron chi connectivity index (χ3n) is 14.9. The van der Waals surface area contributed by atoms with Crippen LogP contribution in [0.1, 0.15) is 77.6 Å². The van der Waals surface area contributed by atoms with E-state index >= 15 is 0 Å². The average Bonchev–Trinajstić information content (AvgIpc) is 3.56. The van der Waals surface area contributed by atoms with Crippen molar-refractivity contribution in [1.82, 2.24) is 0 Å². The second kappa shape index (κ2) is 14.5. The monoisotopic (exact) mass is 850 g/mol. The van der Waals surface area contributed by atoms with Crippen molar-refractivity contribution in [3.05, 3.63) is 210 Å². The Labute approximate surface area is 391 Å². The van der Waals surface area contributed by atoms with Crippen LogP contribution in [-0.2, 0) is 16.2 Å². The van der Waals surface area contributed by atoms with Crippen LogP contribution in [0.2, 0.25) is 0 Å². The van der Waals surface area contributed by atoms with E-state index in [-0.39, 0.29) is 23.1 Å². The first-order valence-electron chi connectivity index (χ1n) is 23.7. The Morgan fingerprint density at radius 1 is 0.455 bits per heavy atom. The molecule has 0 aromatic heterocycles. The van der Waals surface area contributed by atoms with Gasteiger partial charge < -0.3 is 9.71 Å². The maximum Gasteiger partial charge on any atom is 0.333 e. The smallest absolute Gasteiger partial charge is 0.333 e. The fourth-order valence-corrected chi connectivity index (χ4v) is 11.6. The minimum Gasteiger partial charge on any atom is -0.376 e. The minimum absolute atomic E-state index is 0.0275. The predicted octanol–water partition coefficient (Wildman–Crippen LogP) is 15.8. The van der Waals surface area contributed by atoms with Crippen molar-refractivity contribution in [3.8, 4) is 44.5 Å². The first-order valence-corrected chi connectivity index (χ1v) is 23.7. The van der Waals surface area contributed by atoms with Crippen molar-refractivity contribution in [2.75, 3.05) is 9.71 Å². The van der Waals surface area contributed by atoms with E-state index in [1.54, 1.807) is 0 Å². The van der Waals surface area contributed by atoms with Crippen LogP contribution in [0, 0.1) is 0 Å². The highest BCUT2D eigenvalue weighted by Crippen LogP contribution is 2.58. The molecule has 0 bridgehead atoms. The molecule has 1 aliphatic carbocycles. The molecule has 12 rings (SSSR count). The van der Waals surface area contributed by atoms with Crippen molar-refractivity contribution in [3.63, 3.8) is 0 Å². The van der Waals surface area contributed by atoms with Crippen LogP contribution in [0.5, 0.6) is 0 Å². The molecule has 0 saturated carbocycles. The van der Waals surface area contributed by atoms with Crippen LogP contribution in [0.15, 0.2) is 188 Å². The highest BCUT2D eigenvalue weighted by atomic mass is 15.2. The standard InChI is InChI=1S/C63H55BN2/c1-61(2,3)44-28-31-46(32-29-44)66-55-35-27-42(40-19-11-9-12-20-40)37-51(55)57-47-24-16-15-23-43(47)38-56-59(57)64(66)53-34-33-49-48-25-17-18-26-52(48)63(7,8)58(49)60(53)65(56)54-36-30-45(62(4,5)6)39-50(54)41-21-13-10-14-22-41/h9-39H,1-8H3. The Hall–Kier alpha value is -7.10. The van der Waals surface area contributed by atoms with Gasteiger partial charge in [0.2, 0.25) is 0 Å². The predicted molar refractivity (Wildman–Crippen MR) is 284 cm³/mol. The van der Waals surface area contributed by atoms with Crippen molar-refractivity contribution in [1.29, 1.82) is 0 Å². The Morgan fingerprint density at radius 2 is 1.09 bits per heavy atom. The quantitative estimate of drug-likeness (QED) is 0.163. The highest BCUT2D eigenvalue weighted by molar-refractivity contribution is 6.94. The van der Waals surface area contributed by atoms with E-state index in [0.717, 1.165) is 0 Å². The first kappa shape index (κ1) is 40.4. The maximum absolute atomic E-state index is 2.70. The lowest BCUT2D eigenvalue weighted by Gasteiger charge is -2.48. The van der Waals surface area contributed by atoms with Gasteiger partial charge in [0.25, 0.3) is 0 Å². The van der Waals surface area contributed by atoms with E-state index < -0.39 is 0 Å². The second-order valence-corrected chi connectivity index (χ2v) is 21.4. The van der Waals surface area contributed by atoms with Gasteiger partial charge >= 0.3 is 6.85 Å². The number of anilines is 5. The molecule has 0 radical (unpaired) electrons. The molecule has 0 saturated heterocycles. The van der Waals surface area contributed by atoms with Gasteiger partial charge in [0.1, 0.15) is 0 Å². The summed E-state index contributed by atoms with van der Waals surface area (Å²) in [6.45, 7) is 18.7. The molecule has 9 aromatic rings. The van der Waals surface area contributed by atoms with Gasteiger partial charge in [0.15, 0.2) is 0 Å². The van der Waals surface area contributed by atoms with Crippen LogP contribution >= 0.6 is 0 Å². The van der Waals surface area contributed by atoms with Gasteiger partial charge in [-0.2, -0.15) is 0 Å². The van der Waals surface area contributed by atoms with Gasteiger partial charge in [0.05, 0.1) is 5.69 Å². The van der Waals surface area contributed by atoms with Gasteiger partial charge in [0, 0.05) is 39.3 Å². The molecule has 2 heterocycles.